The van der Waals surface area contributed by atoms with Gasteiger partial charge in [0.15, 0.2) is 27.1 Å². The molecule has 0 aliphatic carbocycles. The second-order valence-electron chi connectivity index (χ2n) is 5.98. The van der Waals surface area contributed by atoms with E-state index in [1.54, 1.807) is 6.08 Å². The van der Waals surface area contributed by atoms with Gasteiger partial charge in [-0.1, -0.05) is 19.1 Å². The molecule has 0 aliphatic heterocycles. The molecule has 5 nitrogen and oxygen atoms in total. The second-order valence-corrected chi connectivity index (χ2v) is 8.00. The molecule has 144 valence electrons. The molecule has 0 radical (unpaired) electrons. The summed E-state index contributed by atoms with van der Waals surface area (Å²) >= 11 is 0. The molecule has 0 bridgehead atoms. The first kappa shape index (κ1) is 20.7. The van der Waals surface area contributed by atoms with Crippen LogP contribution in [0.25, 0.3) is 6.08 Å². The third-order valence-corrected chi connectivity index (χ3v) is 4.85. The summed E-state index contributed by atoms with van der Waals surface area (Å²) in [6.07, 6.45) is 5.18. The summed E-state index contributed by atoms with van der Waals surface area (Å²) in [5.74, 6) is 1.11. The van der Waals surface area contributed by atoms with E-state index in [9.17, 15) is 13.2 Å². The van der Waals surface area contributed by atoms with E-state index in [0.29, 0.717) is 30.3 Å². The summed E-state index contributed by atoms with van der Waals surface area (Å²) in [5, 5.41) is 0. The standard InChI is InChI=1S/C21H24O5S/c1-4-14-26-20-13-7-16(15-21(20)25-5-2)6-12-19(22)17-8-10-18(11-9-17)27(3,23)24/h6-13,15H,4-5,14H2,1-3H3/b12-6+. The van der Waals surface area contributed by atoms with Crippen LogP contribution < -0.4 is 9.47 Å². The molecule has 0 aliphatic rings. The van der Waals surface area contributed by atoms with Crippen molar-refractivity contribution in [2.45, 2.75) is 25.2 Å². The van der Waals surface area contributed by atoms with Gasteiger partial charge in [-0.3, -0.25) is 4.79 Å². The Balaban J connectivity index is 2.16. The van der Waals surface area contributed by atoms with Crippen LogP contribution in [-0.4, -0.2) is 33.7 Å². The molecule has 0 saturated carbocycles. The first-order valence-electron chi connectivity index (χ1n) is 8.77. The molecule has 2 aromatic carbocycles. The lowest BCUT2D eigenvalue weighted by molar-refractivity contribution is 0.104. The Morgan fingerprint density at radius 2 is 1.70 bits per heavy atom. The number of carbonyl (C=O) groups is 1. The van der Waals surface area contributed by atoms with Gasteiger partial charge in [0.05, 0.1) is 18.1 Å². The molecule has 27 heavy (non-hydrogen) atoms. The fraction of sp³-hybridized carbons (Fsp3) is 0.286. The minimum Gasteiger partial charge on any atom is -0.490 e. The zero-order valence-corrected chi connectivity index (χ0v) is 16.6. The van der Waals surface area contributed by atoms with E-state index in [-0.39, 0.29) is 10.7 Å². The summed E-state index contributed by atoms with van der Waals surface area (Å²) in [6, 6.07) is 11.4. The lowest BCUT2D eigenvalue weighted by Crippen LogP contribution is -2.00. The van der Waals surface area contributed by atoms with E-state index in [4.69, 9.17) is 9.47 Å². The molecule has 0 atom stereocenters. The number of ether oxygens (including phenoxy) is 2. The van der Waals surface area contributed by atoms with Crippen molar-refractivity contribution in [3.05, 3.63) is 59.7 Å². The van der Waals surface area contributed by atoms with E-state index >= 15 is 0 Å². The smallest absolute Gasteiger partial charge is 0.185 e. The maximum atomic E-state index is 12.3. The van der Waals surface area contributed by atoms with E-state index in [2.05, 4.69) is 0 Å². The monoisotopic (exact) mass is 388 g/mol. The van der Waals surface area contributed by atoms with Crippen LogP contribution in [0.15, 0.2) is 53.4 Å². The van der Waals surface area contributed by atoms with E-state index in [1.807, 2.05) is 32.0 Å². The number of hydrogen-bond acceptors (Lipinski definition) is 5. The maximum Gasteiger partial charge on any atom is 0.185 e. The number of hydrogen-bond donors (Lipinski definition) is 0. The van der Waals surface area contributed by atoms with Crippen LogP contribution in [0.3, 0.4) is 0 Å². The van der Waals surface area contributed by atoms with Crippen molar-refractivity contribution < 1.29 is 22.7 Å². The van der Waals surface area contributed by atoms with Gasteiger partial charge >= 0.3 is 0 Å². The van der Waals surface area contributed by atoms with Gasteiger partial charge in [0.25, 0.3) is 0 Å². The summed E-state index contributed by atoms with van der Waals surface area (Å²) in [4.78, 5) is 12.5. The Morgan fingerprint density at radius 3 is 2.30 bits per heavy atom. The zero-order chi connectivity index (χ0) is 19.9. The van der Waals surface area contributed by atoms with Crippen molar-refractivity contribution in [2.75, 3.05) is 19.5 Å². The molecule has 0 aromatic heterocycles. The van der Waals surface area contributed by atoms with Crippen molar-refractivity contribution in [1.82, 2.24) is 0 Å². The number of ketones is 1. The number of carbonyl (C=O) groups excluding carboxylic acids is 1. The third kappa shape index (κ3) is 5.96. The van der Waals surface area contributed by atoms with Crippen molar-refractivity contribution in [2.24, 2.45) is 0 Å². The van der Waals surface area contributed by atoms with Gasteiger partial charge < -0.3 is 9.47 Å². The summed E-state index contributed by atoms with van der Waals surface area (Å²) < 4.78 is 34.2. The molecular weight excluding hydrogens is 364 g/mol. The average molecular weight is 388 g/mol. The fourth-order valence-electron chi connectivity index (χ4n) is 2.36. The number of rotatable bonds is 9. The van der Waals surface area contributed by atoms with Crippen molar-refractivity contribution in [3.8, 4) is 11.5 Å². The van der Waals surface area contributed by atoms with Crippen LogP contribution in [0.5, 0.6) is 11.5 Å². The normalized spacial score (nSPS) is 11.5. The molecule has 0 fully saturated rings. The number of sulfone groups is 1. The second kappa shape index (κ2) is 9.37. The molecule has 0 amide bonds. The molecule has 6 heteroatoms. The highest BCUT2D eigenvalue weighted by atomic mass is 32.2. The number of allylic oxidation sites excluding steroid dienone is 1. The van der Waals surface area contributed by atoms with Crippen molar-refractivity contribution >= 4 is 21.7 Å². The van der Waals surface area contributed by atoms with E-state index < -0.39 is 9.84 Å². The lowest BCUT2D eigenvalue weighted by atomic mass is 10.1. The Morgan fingerprint density at radius 1 is 1.00 bits per heavy atom. The third-order valence-electron chi connectivity index (χ3n) is 3.72. The Labute approximate surface area is 160 Å². The quantitative estimate of drug-likeness (QED) is 0.476. The SMILES string of the molecule is CCCOc1ccc(/C=C/C(=O)c2ccc(S(C)(=O)=O)cc2)cc1OCC. The van der Waals surface area contributed by atoms with Gasteiger partial charge in [-0.2, -0.15) is 0 Å². The van der Waals surface area contributed by atoms with Gasteiger partial charge in [-0.25, -0.2) is 8.42 Å². The predicted octanol–water partition coefficient (Wildman–Crippen LogP) is 4.17. The van der Waals surface area contributed by atoms with Gasteiger partial charge in [0.2, 0.25) is 0 Å². The molecule has 0 spiro atoms. The van der Waals surface area contributed by atoms with Crippen LogP contribution in [-0.2, 0) is 9.84 Å². The van der Waals surface area contributed by atoms with Gasteiger partial charge in [0.1, 0.15) is 0 Å². The van der Waals surface area contributed by atoms with Gasteiger partial charge in [-0.15, -0.1) is 0 Å². The molecule has 2 rings (SSSR count). The number of benzene rings is 2. The molecule has 0 heterocycles. The predicted molar refractivity (Wildman–Crippen MR) is 106 cm³/mol. The van der Waals surface area contributed by atoms with Crippen molar-refractivity contribution in [1.29, 1.82) is 0 Å². The van der Waals surface area contributed by atoms with Crippen LogP contribution in [0, 0.1) is 0 Å². The molecular formula is C21H24O5S. The highest BCUT2D eigenvalue weighted by Crippen LogP contribution is 2.29. The highest BCUT2D eigenvalue weighted by Gasteiger charge is 2.09. The maximum absolute atomic E-state index is 12.3. The van der Waals surface area contributed by atoms with Crippen LogP contribution in [0.2, 0.25) is 0 Å². The largest absolute Gasteiger partial charge is 0.490 e. The van der Waals surface area contributed by atoms with E-state index in [1.165, 1.54) is 30.3 Å². The molecule has 2 aromatic rings. The Hall–Kier alpha value is -2.60. The van der Waals surface area contributed by atoms with Gasteiger partial charge in [0, 0.05) is 11.8 Å². The minimum absolute atomic E-state index is 0.187. The fourth-order valence-corrected chi connectivity index (χ4v) is 2.99. The first-order chi connectivity index (χ1) is 12.8. The lowest BCUT2D eigenvalue weighted by Gasteiger charge is -2.12. The zero-order valence-electron chi connectivity index (χ0n) is 15.8. The van der Waals surface area contributed by atoms with Crippen LogP contribution in [0.4, 0.5) is 0 Å². The summed E-state index contributed by atoms with van der Waals surface area (Å²) in [6.45, 7) is 5.06. The molecule has 0 N–H and O–H groups in total. The molecule has 0 saturated heterocycles. The summed E-state index contributed by atoms with van der Waals surface area (Å²) in [5.41, 5.74) is 1.23. The average Bonchev–Trinajstić information content (AvgIpc) is 2.65. The van der Waals surface area contributed by atoms with Gasteiger partial charge in [-0.05, 0) is 61.4 Å². The minimum atomic E-state index is -3.28. The summed E-state index contributed by atoms with van der Waals surface area (Å²) in [7, 11) is -3.28. The first-order valence-corrected chi connectivity index (χ1v) is 10.7. The van der Waals surface area contributed by atoms with Crippen LogP contribution >= 0.6 is 0 Å². The Bertz CT molecular complexity index is 912. The Kier molecular flexibility index (Phi) is 7.19. The van der Waals surface area contributed by atoms with Crippen molar-refractivity contribution in [3.63, 3.8) is 0 Å². The molecule has 0 unspecified atom stereocenters. The topological polar surface area (TPSA) is 69.7 Å². The van der Waals surface area contributed by atoms with Crippen LogP contribution in [0.1, 0.15) is 36.2 Å². The van der Waals surface area contributed by atoms with E-state index in [0.717, 1.165) is 18.2 Å². The highest BCUT2D eigenvalue weighted by molar-refractivity contribution is 7.90.